The Hall–Kier alpha value is -3.16. The zero-order valence-electron chi connectivity index (χ0n) is 21.6. The van der Waals surface area contributed by atoms with E-state index in [0.717, 1.165) is 67.7 Å². The van der Waals surface area contributed by atoms with E-state index in [1.165, 1.54) is 17.5 Å². The van der Waals surface area contributed by atoms with Crippen molar-refractivity contribution < 1.29 is 19.0 Å². The molecule has 3 aliphatic rings. The second-order valence-corrected chi connectivity index (χ2v) is 10.3. The molecule has 2 aromatic carbocycles. The number of rotatable bonds is 7. The second-order valence-electron chi connectivity index (χ2n) is 10.3. The Balaban J connectivity index is 1.39. The van der Waals surface area contributed by atoms with Gasteiger partial charge in [0.05, 0.1) is 31.9 Å². The molecule has 3 heterocycles. The minimum absolute atomic E-state index is 0.0172. The van der Waals surface area contributed by atoms with Gasteiger partial charge in [0.2, 0.25) is 0 Å². The number of aryl methyl sites for hydroxylation is 2. The van der Waals surface area contributed by atoms with E-state index >= 15 is 0 Å². The fourth-order valence-electron chi connectivity index (χ4n) is 5.84. The molecule has 2 saturated heterocycles. The van der Waals surface area contributed by atoms with Crippen molar-refractivity contribution in [3.8, 4) is 5.75 Å². The van der Waals surface area contributed by atoms with Crippen LogP contribution in [0.15, 0.2) is 42.5 Å². The molecule has 7 heteroatoms. The van der Waals surface area contributed by atoms with Gasteiger partial charge in [-0.05, 0) is 79.6 Å². The Kier molecular flexibility index (Phi) is 6.98. The number of hydrogen-bond acceptors (Lipinski definition) is 6. The van der Waals surface area contributed by atoms with Gasteiger partial charge in [-0.25, -0.2) is 4.98 Å². The standard InChI is InChI=1S/C30H35N3O4/c1-35-26-8-3-7-23(17-26)30(34)33(20-27-9-4-12-37-27)19-25-16-24-15-21-5-2-6-22(21)18-28(24)31-29(25)32-10-13-36-14-11-32/h3,7-8,15-18,27H,2,4-6,9-14,19-20H2,1H3/t27-/m0/s1. The molecule has 194 valence electrons. The molecule has 1 aromatic heterocycles. The van der Waals surface area contributed by atoms with Gasteiger partial charge in [-0.2, -0.15) is 0 Å². The Morgan fingerprint density at radius 2 is 1.92 bits per heavy atom. The van der Waals surface area contributed by atoms with E-state index in [-0.39, 0.29) is 12.0 Å². The number of methoxy groups -OCH3 is 1. The number of pyridine rings is 1. The molecule has 0 spiro atoms. The van der Waals surface area contributed by atoms with Crippen LogP contribution in [0.1, 0.15) is 46.3 Å². The number of carbonyl (C=O) groups excluding carboxylic acids is 1. The van der Waals surface area contributed by atoms with Crippen LogP contribution in [0, 0.1) is 0 Å². The summed E-state index contributed by atoms with van der Waals surface area (Å²) in [7, 11) is 1.62. The van der Waals surface area contributed by atoms with Crippen LogP contribution < -0.4 is 9.64 Å². The van der Waals surface area contributed by atoms with Crippen LogP contribution in [0.25, 0.3) is 10.9 Å². The Morgan fingerprint density at radius 1 is 1.08 bits per heavy atom. The van der Waals surface area contributed by atoms with E-state index < -0.39 is 0 Å². The van der Waals surface area contributed by atoms with Crippen LogP contribution in [0.4, 0.5) is 5.82 Å². The molecular formula is C30H35N3O4. The third-order valence-electron chi connectivity index (χ3n) is 7.81. The summed E-state index contributed by atoms with van der Waals surface area (Å²) >= 11 is 0. The van der Waals surface area contributed by atoms with E-state index in [2.05, 4.69) is 23.1 Å². The number of ether oxygens (including phenoxy) is 3. The first-order chi connectivity index (χ1) is 18.2. The molecular weight excluding hydrogens is 466 g/mol. The van der Waals surface area contributed by atoms with E-state index in [1.807, 2.05) is 29.2 Å². The summed E-state index contributed by atoms with van der Waals surface area (Å²) in [4.78, 5) is 23.3. The zero-order chi connectivity index (χ0) is 25.2. The highest BCUT2D eigenvalue weighted by Gasteiger charge is 2.27. The molecule has 1 aliphatic carbocycles. The van der Waals surface area contributed by atoms with Gasteiger partial charge in [0.1, 0.15) is 11.6 Å². The van der Waals surface area contributed by atoms with Gasteiger partial charge < -0.3 is 24.0 Å². The van der Waals surface area contributed by atoms with Crippen molar-refractivity contribution in [1.29, 1.82) is 0 Å². The molecule has 0 N–H and O–H groups in total. The van der Waals surface area contributed by atoms with Crippen molar-refractivity contribution in [1.82, 2.24) is 9.88 Å². The fraction of sp³-hybridized carbons (Fsp3) is 0.467. The number of anilines is 1. The van der Waals surface area contributed by atoms with Gasteiger partial charge in [-0.3, -0.25) is 4.79 Å². The molecule has 0 bridgehead atoms. The average molecular weight is 502 g/mol. The predicted molar refractivity (Wildman–Crippen MR) is 144 cm³/mol. The first kappa shape index (κ1) is 24.2. The molecule has 0 radical (unpaired) electrons. The molecule has 0 unspecified atom stereocenters. The first-order valence-corrected chi connectivity index (χ1v) is 13.5. The lowest BCUT2D eigenvalue weighted by Crippen LogP contribution is -2.40. The maximum absolute atomic E-state index is 13.9. The van der Waals surface area contributed by atoms with Crippen LogP contribution in [0.2, 0.25) is 0 Å². The normalized spacial score (nSPS) is 19.3. The topological polar surface area (TPSA) is 64.1 Å². The quantitative estimate of drug-likeness (QED) is 0.479. The number of morpholine rings is 1. The van der Waals surface area contributed by atoms with Gasteiger partial charge in [0, 0.05) is 49.3 Å². The summed E-state index contributed by atoms with van der Waals surface area (Å²) in [5, 5.41) is 1.15. The third-order valence-corrected chi connectivity index (χ3v) is 7.81. The van der Waals surface area contributed by atoms with Crippen molar-refractivity contribution in [2.75, 3.05) is 51.5 Å². The summed E-state index contributed by atoms with van der Waals surface area (Å²) < 4.78 is 17.0. The van der Waals surface area contributed by atoms with Crippen LogP contribution in [-0.2, 0) is 28.9 Å². The van der Waals surface area contributed by atoms with E-state index in [1.54, 1.807) is 7.11 Å². The first-order valence-electron chi connectivity index (χ1n) is 13.5. The largest absolute Gasteiger partial charge is 0.497 e. The number of hydrogen-bond donors (Lipinski definition) is 0. The lowest BCUT2D eigenvalue weighted by molar-refractivity contribution is 0.0507. The molecule has 7 nitrogen and oxygen atoms in total. The third kappa shape index (κ3) is 5.15. The van der Waals surface area contributed by atoms with Crippen LogP contribution in [-0.4, -0.2) is 68.5 Å². The summed E-state index contributed by atoms with van der Waals surface area (Å²) in [6, 6.07) is 14.3. The van der Waals surface area contributed by atoms with Crippen molar-refractivity contribution in [2.45, 2.75) is 44.8 Å². The average Bonchev–Trinajstić information content (AvgIpc) is 3.63. The van der Waals surface area contributed by atoms with E-state index in [4.69, 9.17) is 19.2 Å². The van der Waals surface area contributed by atoms with Gasteiger partial charge >= 0.3 is 0 Å². The van der Waals surface area contributed by atoms with Gasteiger partial charge in [0.15, 0.2) is 0 Å². The molecule has 37 heavy (non-hydrogen) atoms. The monoisotopic (exact) mass is 501 g/mol. The number of carbonyl (C=O) groups is 1. The predicted octanol–water partition coefficient (Wildman–Crippen LogP) is 4.39. The van der Waals surface area contributed by atoms with Gasteiger partial charge in [0.25, 0.3) is 5.91 Å². The minimum Gasteiger partial charge on any atom is -0.497 e. The number of amides is 1. The summed E-state index contributed by atoms with van der Waals surface area (Å²) in [5.74, 6) is 1.62. The van der Waals surface area contributed by atoms with Crippen LogP contribution >= 0.6 is 0 Å². The van der Waals surface area contributed by atoms with Crippen molar-refractivity contribution in [3.63, 3.8) is 0 Å². The lowest BCUT2D eigenvalue weighted by atomic mass is 10.0. The second kappa shape index (κ2) is 10.7. The number of benzene rings is 2. The molecule has 2 fully saturated rings. The summed E-state index contributed by atoms with van der Waals surface area (Å²) in [6.45, 7) is 4.76. The molecule has 2 aliphatic heterocycles. The molecule has 1 amide bonds. The molecule has 1 atom stereocenters. The van der Waals surface area contributed by atoms with Crippen LogP contribution in [0.5, 0.6) is 5.75 Å². The lowest BCUT2D eigenvalue weighted by Gasteiger charge is -2.32. The Labute approximate surface area is 218 Å². The van der Waals surface area contributed by atoms with Crippen molar-refractivity contribution in [2.24, 2.45) is 0 Å². The van der Waals surface area contributed by atoms with Gasteiger partial charge in [-0.15, -0.1) is 0 Å². The molecule has 0 saturated carbocycles. The van der Waals surface area contributed by atoms with E-state index in [0.29, 0.717) is 37.6 Å². The summed E-state index contributed by atoms with van der Waals surface area (Å²) in [6.07, 6.45) is 5.53. The SMILES string of the molecule is COc1cccc(C(=O)N(Cc2cc3cc4c(cc3nc2N2CCOCC2)CCC4)C[C@@H]2CCCO2)c1. The van der Waals surface area contributed by atoms with Crippen molar-refractivity contribution in [3.05, 3.63) is 64.7 Å². The van der Waals surface area contributed by atoms with Crippen LogP contribution in [0.3, 0.4) is 0 Å². The van der Waals surface area contributed by atoms with Gasteiger partial charge in [-0.1, -0.05) is 6.07 Å². The fourth-order valence-corrected chi connectivity index (χ4v) is 5.84. The van der Waals surface area contributed by atoms with Crippen molar-refractivity contribution >= 4 is 22.6 Å². The maximum atomic E-state index is 13.9. The zero-order valence-corrected chi connectivity index (χ0v) is 21.6. The smallest absolute Gasteiger partial charge is 0.254 e. The molecule has 6 rings (SSSR count). The molecule has 3 aromatic rings. The highest BCUT2D eigenvalue weighted by Crippen LogP contribution is 2.32. The number of fused-ring (bicyclic) bond motifs is 2. The maximum Gasteiger partial charge on any atom is 0.254 e. The Morgan fingerprint density at radius 3 is 2.70 bits per heavy atom. The Bertz CT molecular complexity index is 1280. The number of nitrogens with zero attached hydrogens (tertiary/aromatic N) is 3. The highest BCUT2D eigenvalue weighted by molar-refractivity contribution is 5.95. The summed E-state index contributed by atoms with van der Waals surface area (Å²) in [5.41, 5.74) is 5.59. The highest BCUT2D eigenvalue weighted by atomic mass is 16.5. The van der Waals surface area contributed by atoms with E-state index in [9.17, 15) is 4.79 Å². The number of aromatic nitrogens is 1. The minimum atomic E-state index is -0.0172.